The number of aryl methyl sites for hydroxylation is 2. The molecular weight excluding hydrogens is 361 g/mol. The Balaban J connectivity index is 1.48. The van der Waals surface area contributed by atoms with Crippen LogP contribution in [0.3, 0.4) is 0 Å². The van der Waals surface area contributed by atoms with Crippen molar-refractivity contribution in [2.45, 2.75) is 50.5 Å². The molecule has 2 bridgehead atoms. The molecule has 1 saturated heterocycles. The quantitative estimate of drug-likeness (QED) is 0.571. The Hall–Kier alpha value is -2.27. The van der Waals surface area contributed by atoms with E-state index in [1.165, 1.54) is 47.1 Å². The van der Waals surface area contributed by atoms with Crippen molar-refractivity contribution in [3.8, 4) is 0 Å². The molecule has 1 fully saturated rings. The number of fused-ring (bicyclic) bond motifs is 6. The summed E-state index contributed by atoms with van der Waals surface area (Å²) in [6, 6.07) is 15.3. The van der Waals surface area contributed by atoms with Crippen molar-refractivity contribution < 1.29 is 13.2 Å². The average Bonchev–Trinajstić information content (AvgIpc) is 3.10. The lowest BCUT2D eigenvalue weighted by Gasteiger charge is -2.32. The van der Waals surface area contributed by atoms with E-state index in [1.54, 1.807) is 12.1 Å². The largest absolute Gasteiger partial charge is 0.416 e. The lowest BCUT2D eigenvalue weighted by Crippen LogP contribution is -2.34. The molecule has 5 rings (SSSR count). The lowest BCUT2D eigenvalue weighted by molar-refractivity contribution is -0.137. The van der Waals surface area contributed by atoms with Crippen LogP contribution in [-0.2, 0) is 25.6 Å². The van der Waals surface area contributed by atoms with E-state index in [4.69, 9.17) is 0 Å². The van der Waals surface area contributed by atoms with Gasteiger partial charge in [0.05, 0.1) is 5.56 Å². The Morgan fingerprint density at radius 3 is 2.50 bits per heavy atom. The van der Waals surface area contributed by atoms with E-state index in [0.717, 1.165) is 24.9 Å². The van der Waals surface area contributed by atoms with Crippen molar-refractivity contribution in [2.75, 3.05) is 7.05 Å². The average molecular weight is 384 g/mol. The van der Waals surface area contributed by atoms with E-state index in [9.17, 15) is 13.2 Å². The Kier molecular flexibility index (Phi) is 4.05. The Morgan fingerprint density at radius 1 is 1.00 bits per heavy atom. The van der Waals surface area contributed by atoms with Crippen molar-refractivity contribution in [1.82, 2.24) is 9.47 Å². The Morgan fingerprint density at radius 2 is 1.75 bits per heavy atom. The molecule has 2 aromatic carbocycles. The maximum atomic E-state index is 12.8. The van der Waals surface area contributed by atoms with Crippen LogP contribution in [0.5, 0.6) is 0 Å². The van der Waals surface area contributed by atoms with E-state index in [1.807, 2.05) is 0 Å². The molecule has 28 heavy (non-hydrogen) atoms. The first-order chi connectivity index (χ1) is 13.4. The number of hydrogen-bond donors (Lipinski definition) is 0. The molecule has 2 atom stereocenters. The molecule has 2 aliphatic rings. The summed E-state index contributed by atoms with van der Waals surface area (Å²) in [6.45, 7) is 0.796. The van der Waals surface area contributed by atoms with Crippen LogP contribution in [0, 0.1) is 0 Å². The molecule has 2 unspecified atom stereocenters. The fraction of sp³-hybridized carbons (Fsp3) is 0.391. The minimum atomic E-state index is -4.28. The van der Waals surface area contributed by atoms with Gasteiger partial charge in [-0.1, -0.05) is 30.3 Å². The summed E-state index contributed by atoms with van der Waals surface area (Å²) < 4.78 is 40.8. The number of para-hydroxylation sites is 1. The number of aromatic nitrogens is 1. The van der Waals surface area contributed by atoms with Gasteiger partial charge < -0.3 is 4.57 Å². The van der Waals surface area contributed by atoms with Gasteiger partial charge in [0, 0.05) is 41.6 Å². The zero-order valence-electron chi connectivity index (χ0n) is 15.8. The number of alkyl halides is 3. The summed E-state index contributed by atoms with van der Waals surface area (Å²) in [5.74, 6) is 0. The SMILES string of the molecule is CN1C2CCC1c1c(n(CCc3ccc(C(F)(F)F)cc3)c3ccccc13)C2. The number of halogens is 3. The Bertz CT molecular complexity index is 1020. The van der Waals surface area contributed by atoms with Gasteiger partial charge in [0.2, 0.25) is 0 Å². The highest BCUT2D eigenvalue weighted by Gasteiger charge is 2.40. The molecule has 2 aliphatic heterocycles. The highest BCUT2D eigenvalue weighted by molar-refractivity contribution is 5.86. The second kappa shape index (κ2) is 6.38. The third-order valence-corrected chi connectivity index (χ3v) is 6.63. The monoisotopic (exact) mass is 384 g/mol. The minimum Gasteiger partial charge on any atom is -0.344 e. The van der Waals surface area contributed by atoms with Crippen LogP contribution in [0.1, 0.15) is 41.3 Å². The summed E-state index contributed by atoms with van der Waals surface area (Å²) >= 11 is 0. The van der Waals surface area contributed by atoms with Crippen molar-refractivity contribution in [1.29, 1.82) is 0 Å². The fourth-order valence-corrected chi connectivity index (χ4v) is 5.16. The van der Waals surface area contributed by atoms with Gasteiger partial charge in [-0.3, -0.25) is 4.90 Å². The molecule has 0 radical (unpaired) electrons. The van der Waals surface area contributed by atoms with Gasteiger partial charge in [-0.05, 0) is 55.6 Å². The van der Waals surface area contributed by atoms with Gasteiger partial charge in [0.1, 0.15) is 0 Å². The summed E-state index contributed by atoms with van der Waals surface area (Å²) in [7, 11) is 2.24. The van der Waals surface area contributed by atoms with Crippen molar-refractivity contribution in [3.05, 3.63) is 70.9 Å². The maximum absolute atomic E-state index is 12.8. The smallest absolute Gasteiger partial charge is 0.344 e. The van der Waals surface area contributed by atoms with Crippen molar-refractivity contribution >= 4 is 10.9 Å². The maximum Gasteiger partial charge on any atom is 0.416 e. The van der Waals surface area contributed by atoms with E-state index in [2.05, 4.69) is 40.8 Å². The number of nitrogens with zero attached hydrogens (tertiary/aromatic N) is 2. The molecular formula is C23H23F3N2. The number of benzene rings is 2. The molecule has 0 N–H and O–H groups in total. The molecule has 0 spiro atoms. The zero-order valence-corrected chi connectivity index (χ0v) is 15.8. The van der Waals surface area contributed by atoms with Gasteiger partial charge in [-0.2, -0.15) is 13.2 Å². The molecule has 3 heterocycles. The lowest BCUT2D eigenvalue weighted by atomic mass is 9.97. The number of hydrogen-bond acceptors (Lipinski definition) is 1. The van der Waals surface area contributed by atoms with Gasteiger partial charge in [0.25, 0.3) is 0 Å². The Labute approximate surface area is 162 Å². The van der Waals surface area contributed by atoms with Crippen molar-refractivity contribution in [2.24, 2.45) is 0 Å². The third-order valence-electron chi connectivity index (χ3n) is 6.63. The first-order valence-electron chi connectivity index (χ1n) is 9.91. The predicted molar refractivity (Wildman–Crippen MR) is 104 cm³/mol. The molecule has 0 saturated carbocycles. The number of rotatable bonds is 3. The second-order valence-electron chi connectivity index (χ2n) is 8.09. The predicted octanol–water partition coefficient (Wildman–Crippen LogP) is 5.59. The molecule has 3 aromatic rings. The van der Waals surface area contributed by atoms with E-state index in [0.29, 0.717) is 12.1 Å². The normalized spacial score (nSPS) is 22.0. The topological polar surface area (TPSA) is 8.17 Å². The van der Waals surface area contributed by atoms with Gasteiger partial charge in [-0.15, -0.1) is 0 Å². The zero-order chi connectivity index (χ0) is 19.5. The van der Waals surface area contributed by atoms with Gasteiger partial charge >= 0.3 is 6.18 Å². The summed E-state index contributed by atoms with van der Waals surface area (Å²) in [6.07, 6.45) is -0.0395. The van der Waals surface area contributed by atoms with Crippen LogP contribution in [0.25, 0.3) is 10.9 Å². The van der Waals surface area contributed by atoms with Crippen molar-refractivity contribution in [3.63, 3.8) is 0 Å². The van der Waals surface area contributed by atoms with Crippen LogP contribution in [-0.4, -0.2) is 22.6 Å². The number of likely N-dealkylation sites (N-methyl/N-ethyl adjacent to an activating group) is 1. The third kappa shape index (κ3) is 2.75. The van der Waals surface area contributed by atoms with Crippen LogP contribution in [0.2, 0.25) is 0 Å². The fourth-order valence-electron chi connectivity index (χ4n) is 5.16. The van der Waals surface area contributed by atoms with Crippen LogP contribution in [0.15, 0.2) is 48.5 Å². The molecule has 0 aliphatic carbocycles. The standard InChI is InChI=1S/C23H23F3N2/c1-27-17-10-11-20(27)22-18-4-2-3-5-19(18)28(21(22)14-17)13-12-15-6-8-16(9-7-15)23(24,25)26/h2-9,17,20H,10-14H2,1H3. The highest BCUT2D eigenvalue weighted by Crippen LogP contribution is 2.46. The summed E-state index contributed by atoms with van der Waals surface area (Å²) in [5.41, 5.74) is 4.51. The second-order valence-corrected chi connectivity index (χ2v) is 8.09. The van der Waals surface area contributed by atoms with E-state index in [-0.39, 0.29) is 0 Å². The summed E-state index contributed by atoms with van der Waals surface area (Å²) in [5, 5.41) is 1.34. The molecule has 1 aromatic heterocycles. The molecule has 5 heteroatoms. The highest BCUT2D eigenvalue weighted by atomic mass is 19.4. The first kappa shape index (κ1) is 17.8. The molecule has 0 amide bonds. The van der Waals surface area contributed by atoms with Crippen LogP contribution in [0.4, 0.5) is 13.2 Å². The molecule has 146 valence electrons. The minimum absolute atomic E-state index is 0.492. The van der Waals surface area contributed by atoms with Crippen LogP contribution < -0.4 is 0 Å². The van der Waals surface area contributed by atoms with E-state index >= 15 is 0 Å². The van der Waals surface area contributed by atoms with E-state index < -0.39 is 11.7 Å². The van der Waals surface area contributed by atoms with Crippen LogP contribution >= 0.6 is 0 Å². The van der Waals surface area contributed by atoms with Gasteiger partial charge in [-0.25, -0.2) is 0 Å². The first-order valence-corrected chi connectivity index (χ1v) is 9.91. The van der Waals surface area contributed by atoms with Gasteiger partial charge in [0.15, 0.2) is 0 Å². The molecule has 2 nitrogen and oxygen atoms in total. The summed E-state index contributed by atoms with van der Waals surface area (Å²) in [4.78, 5) is 2.52.